The molecule has 2 rings (SSSR count). The third-order valence-corrected chi connectivity index (χ3v) is 4.94. The van der Waals surface area contributed by atoms with Crippen LogP contribution in [0, 0.1) is 0 Å². The van der Waals surface area contributed by atoms with Crippen LogP contribution in [0.1, 0.15) is 63.9 Å². The molecule has 0 N–H and O–H groups in total. The smallest absolute Gasteiger partial charge is 0.0236 e. The summed E-state index contributed by atoms with van der Waals surface area (Å²) in [5.74, 6) is 0. The van der Waals surface area contributed by atoms with Gasteiger partial charge in [-0.3, -0.25) is 0 Å². The number of benzene rings is 2. The van der Waals surface area contributed by atoms with E-state index in [1.165, 1.54) is 74.6 Å². The Kier molecular flexibility index (Phi) is 9.36. The molecule has 0 amide bonds. The molecule has 1 nitrogen and oxygen atoms in total. The second kappa shape index (κ2) is 11.9. The molecule has 136 valence electrons. The van der Waals surface area contributed by atoms with Crippen LogP contribution in [0.5, 0.6) is 0 Å². The van der Waals surface area contributed by atoms with Gasteiger partial charge in [0.15, 0.2) is 0 Å². The minimum atomic E-state index is 1.03. The lowest BCUT2D eigenvalue weighted by Crippen LogP contribution is -2.19. The van der Waals surface area contributed by atoms with E-state index in [4.69, 9.17) is 0 Å². The molecule has 0 radical (unpaired) electrons. The molecule has 0 spiro atoms. The predicted molar refractivity (Wildman–Crippen MR) is 111 cm³/mol. The number of hydrogen-bond donors (Lipinski definition) is 0. The minimum absolute atomic E-state index is 1.03. The average molecular weight is 338 g/mol. The molecule has 0 bridgehead atoms. The van der Waals surface area contributed by atoms with Crippen LogP contribution in [0.25, 0.3) is 11.1 Å². The van der Waals surface area contributed by atoms with E-state index in [0.29, 0.717) is 0 Å². The maximum atomic E-state index is 2.47. The van der Waals surface area contributed by atoms with E-state index < -0.39 is 0 Å². The monoisotopic (exact) mass is 337 g/mol. The molecule has 0 fully saturated rings. The first kappa shape index (κ1) is 19.7. The van der Waals surface area contributed by atoms with E-state index >= 15 is 0 Å². The molecule has 0 saturated carbocycles. The first-order valence-electron chi connectivity index (χ1n) is 10.1. The van der Waals surface area contributed by atoms with E-state index in [9.17, 15) is 0 Å². The Morgan fingerprint density at radius 2 is 1.28 bits per heavy atom. The maximum Gasteiger partial charge on any atom is 0.0236 e. The molecule has 0 saturated heterocycles. The van der Waals surface area contributed by atoms with Gasteiger partial charge in [0.1, 0.15) is 0 Å². The Morgan fingerprint density at radius 3 is 2.00 bits per heavy atom. The van der Waals surface area contributed by atoms with Crippen molar-refractivity contribution in [3.63, 3.8) is 0 Å². The summed E-state index contributed by atoms with van der Waals surface area (Å²) in [7, 11) is 2.25. The summed E-state index contributed by atoms with van der Waals surface area (Å²) in [6, 6.07) is 19.6. The highest BCUT2D eigenvalue weighted by Gasteiger charge is 2.07. The molecular formula is C24H35N. The van der Waals surface area contributed by atoms with E-state index in [0.717, 1.165) is 6.54 Å². The van der Waals surface area contributed by atoms with Crippen molar-refractivity contribution in [3.8, 4) is 11.1 Å². The fraction of sp³-hybridized carbons (Fsp3) is 0.500. The van der Waals surface area contributed by atoms with Crippen LogP contribution < -0.4 is 0 Å². The second-order valence-corrected chi connectivity index (χ2v) is 7.24. The molecule has 0 unspecified atom stereocenters. The lowest BCUT2D eigenvalue weighted by atomic mass is 9.99. The number of nitrogens with zero attached hydrogens (tertiary/aromatic N) is 1. The molecule has 0 heterocycles. The van der Waals surface area contributed by atoms with Gasteiger partial charge in [0, 0.05) is 6.54 Å². The van der Waals surface area contributed by atoms with Crippen molar-refractivity contribution in [2.24, 2.45) is 0 Å². The standard InChI is InChI=1S/C24H35N/c1-3-4-5-6-7-8-9-15-20-25(2)21-23-18-13-14-19-24(23)22-16-11-10-12-17-22/h10-14,16-19H,3-9,15,20-21H2,1-2H3. The van der Waals surface area contributed by atoms with E-state index in [1.54, 1.807) is 0 Å². The fourth-order valence-corrected chi connectivity index (χ4v) is 3.44. The van der Waals surface area contributed by atoms with Crippen molar-refractivity contribution in [1.29, 1.82) is 0 Å². The van der Waals surface area contributed by atoms with Crippen molar-refractivity contribution < 1.29 is 0 Å². The lowest BCUT2D eigenvalue weighted by molar-refractivity contribution is 0.316. The third kappa shape index (κ3) is 7.44. The largest absolute Gasteiger partial charge is 0.302 e. The number of unbranched alkanes of at least 4 members (excludes halogenated alkanes) is 7. The molecular weight excluding hydrogens is 302 g/mol. The third-order valence-electron chi connectivity index (χ3n) is 4.94. The second-order valence-electron chi connectivity index (χ2n) is 7.24. The summed E-state index contributed by atoms with van der Waals surface area (Å²) < 4.78 is 0. The van der Waals surface area contributed by atoms with Gasteiger partial charge in [0.05, 0.1) is 0 Å². The van der Waals surface area contributed by atoms with Gasteiger partial charge in [-0.25, -0.2) is 0 Å². The molecule has 1 heteroatoms. The zero-order valence-corrected chi connectivity index (χ0v) is 16.2. The van der Waals surface area contributed by atoms with Gasteiger partial charge in [-0.05, 0) is 36.7 Å². The number of rotatable bonds is 12. The zero-order chi connectivity index (χ0) is 17.7. The van der Waals surface area contributed by atoms with Crippen LogP contribution in [0.3, 0.4) is 0 Å². The minimum Gasteiger partial charge on any atom is -0.302 e. The Hall–Kier alpha value is -1.60. The van der Waals surface area contributed by atoms with Gasteiger partial charge in [0.2, 0.25) is 0 Å². The van der Waals surface area contributed by atoms with E-state index in [-0.39, 0.29) is 0 Å². The predicted octanol–water partition coefficient (Wildman–Crippen LogP) is 6.93. The van der Waals surface area contributed by atoms with Gasteiger partial charge < -0.3 is 4.90 Å². The molecule has 0 aliphatic carbocycles. The van der Waals surface area contributed by atoms with Crippen molar-refractivity contribution in [2.45, 2.75) is 64.8 Å². The van der Waals surface area contributed by atoms with Gasteiger partial charge in [-0.1, -0.05) is 106 Å². The van der Waals surface area contributed by atoms with Crippen molar-refractivity contribution in [1.82, 2.24) is 4.90 Å². The lowest BCUT2D eigenvalue weighted by Gasteiger charge is -2.19. The summed E-state index contributed by atoms with van der Waals surface area (Å²) >= 11 is 0. The van der Waals surface area contributed by atoms with Crippen LogP contribution in [-0.2, 0) is 6.54 Å². The highest BCUT2D eigenvalue weighted by molar-refractivity contribution is 5.67. The van der Waals surface area contributed by atoms with Crippen LogP contribution >= 0.6 is 0 Å². The van der Waals surface area contributed by atoms with Crippen LogP contribution in [-0.4, -0.2) is 18.5 Å². The van der Waals surface area contributed by atoms with Gasteiger partial charge in [-0.2, -0.15) is 0 Å². The first-order chi connectivity index (χ1) is 12.3. The SMILES string of the molecule is CCCCCCCCCCN(C)Cc1ccccc1-c1ccccc1. The molecule has 0 aromatic heterocycles. The highest BCUT2D eigenvalue weighted by Crippen LogP contribution is 2.24. The Labute approximate surface area is 155 Å². The summed E-state index contributed by atoms with van der Waals surface area (Å²) in [6.07, 6.45) is 11.1. The van der Waals surface area contributed by atoms with Gasteiger partial charge in [0.25, 0.3) is 0 Å². The maximum absolute atomic E-state index is 2.47. The summed E-state index contributed by atoms with van der Waals surface area (Å²) in [4.78, 5) is 2.47. The van der Waals surface area contributed by atoms with Gasteiger partial charge >= 0.3 is 0 Å². The normalized spacial score (nSPS) is 11.2. The quantitative estimate of drug-likeness (QED) is 0.380. The summed E-state index contributed by atoms with van der Waals surface area (Å²) in [5, 5.41) is 0. The average Bonchev–Trinajstić information content (AvgIpc) is 2.65. The van der Waals surface area contributed by atoms with Crippen molar-refractivity contribution in [3.05, 3.63) is 60.2 Å². The Morgan fingerprint density at radius 1 is 0.680 bits per heavy atom. The van der Waals surface area contributed by atoms with Crippen molar-refractivity contribution in [2.75, 3.05) is 13.6 Å². The van der Waals surface area contributed by atoms with Gasteiger partial charge in [-0.15, -0.1) is 0 Å². The van der Waals surface area contributed by atoms with Crippen LogP contribution in [0.2, 0.25) is 0 Å². The zero-order valence-electron chi connectivity index (χ0n) is 16.2. The first-order valence-corrected chi connectivity index (χ1v) is 10.1. The Bertz CT molecular complexity index is 576. The topological polar surface area (TPSA) is 3.24 Å². The van der Waals surface area contributed by atoms with E-state index in [2.05, 4.69) is 73.5 Å². The molecule has 0 aliphatic heterocycles. The number of hydrogen-bond acceptors (Lipinski definition) is 1. The van der Waals surface area contributed by atoms with Crippen LogP contribution in [0.4, 0.5) is 0 Å². The van der Waals surface area contributed by atoms with E-state index in [1.807, 2.05) is 0 Å². The molecule has 25 heavy (non-hydrogen) atoms. The molecule has 2 aromatic carbocycles. The Balaban J connectivity index is 1.73. The molecule has 0 atom stereocenters. The molecule has 0 aliphatic rings. The highest BCUT2D eigenvalue weighted by atomic mass is 15.1. The molecule has 2 aromatic rings. The fourth-order valence-electron chi connectivity index (χ4n) is 3.44. The van der Waals surface area contributed by atoms with Crippen LogP contribution in [0.15, 0.2) is 54.6 Å². The summed E-state index contributed by atoms with van der Waals surface area (Å²) in [6.45, 7) is 4.51. The summed E-state index contributed by atoms with van der Waals surface area (Å²) in [5.41, 5.74) is 4.11. The van der Waals surface area contributed by atoms with Crippen molar-refractivity contribution >= 4 is 0 Å².